The predicted molar refractivity (Wildman–Crippen MR) is 66.9 cm³/mol. The summed E-state index contributed by atoms with van der Waals surface area (Å²) in [6, 6.07) is 4.80. The van der Waals surface area contributed by atoms with Crippen molar-refractivity contribution in [1.29, 1.82) is 0 Å². The van der Waals surface area contributed by atoms with E-state index in [1.54, 1.807) is 12.1 Å². The highest BCUT2D eigenvalue weighted by Gasteiger charge is 2.40. The minimum atomic E-state index is -0.434. The van der Waals surface area contributed by atoms with E-state index in [1.807, 2.05) is 4.90 Å². The molecule has 0 radical (unpaired) electrons. The highest BCUT2D eigenvalue weighted by atomic mass is 19.1. The first kappa shape index (κ1) is 11.7. The third-order valence-corrected chi connectivity index (χ3v) is 3.67. The number of benzene rings is 1. The average molecular weight is 252 g/mol. The molecule has 3 rings (SSSR count). The van der Waals surface area contributed by atoms with Gasteiger partial charge in [-0.1, -0.05) is 6.07 Å². The van der Waals surface area contributed by atoms with E-state index in [1.165, 1.54) is 6.07 Å². The Hall–Kier alpha value is -1.33. The Bertz CT molecular complexity index is 416. The van der Waals surface area contributed by atoms with Gasteiger partial charge in [0.25, 0.3) is 0 Å². The zero-order valence-corrected chi connectivity index (χ0v) is 10.2. The van der Waals surface area contributed by atoms with Gasteiger partial charge in [-0.05, 0) is 12.1 Å². The van der Waals surface area contributed by atoms with Gasteiger partial charge in [-0.3, -0.25) is 0 Å². The molecule has 2 fully saturated rings. The highest BCUT2D eigenvalue weighted by Crippen LogP contribution is 2.35. The number of nitrogens with zero attached hydrogens (tertiary/aromatic N) is 1. The standard InChI is InChI=1S/C13H17FN2O2/c14-10-2-1-3-11(15)12(10)16-6-4-13(5-7-16)17-8-9-18-13/h1-3H,4-9,15H2. The third kappa shape index (κ3) is 1.93. The molecular weight excluding hydrogens is 235 g/mol. The topological polar surface area (TPSA) is 47.7 Å². The highest BCUT2D eigenvalue weighted by molar-refractivity contribution is 5.68. The van der Waals surface area contributed by atoms with E-state index in [-0.39, 0.29) is 5.82 Å². The van der Waals surface area contributed by atoms with E-state index in [2.05, 4.69) is 0 Å². The zero-order chi connectivity index (χ0) is 12.6. The number of rotatable bonds is 1. The maximum Gasteiger partial charge on any atom is 0.171 e. The Morgan fingerprint density at radius 3 is 2.44 bits per heavy atom. The van der Waals surface area contributed by atoms with Crippen molar-refractivity contribution in [3.63, 3.8) is 0 Å². The van der Waals surface area contributed by atoms with E-state index in [0.29, 0.717) is 37.7 Å². The van der Waals surface area contributed by atoms with Gasteiger partial charge in [0.15, 0.2) is 5.79 Å². The van der Waals surface area contributed by atoms with Crippen LogP contribution in [0.3, 0.4) is 0 Å². The summed E-state index contributed by atoms with van der Waals surface area (Å²) in [7, 11) is 0. The van der Waals surface area contributed by atoms with Crippen LogP contribution in [0.1, 0.15) is 12.8 Å². The largest absolute Gasteiger partial charge is 0.397 e. The summed E-state index contributed by atoms with van der Waals surface area (Å²) >= 11 is 0. The van der Waals surface area contributed by atoms with Gasteiger partial charge >= 0.3 is 0 Å². The van der Waals surface area contributed by atoms with Gasteiger partial charge in [0.05, 0.1) is 24.6 Å². The molecular formula is C13H17FN2O2. The lowest BCUT2D eigenvalue weighted by atomic mass is 10.0. The molecule has 2 saturated heterocycles. The minimum absolute atomic E-state index is 0.265. The van der Waals surface area contributed by atoms with Gasteiger partial charge in [-0.25, -0.2) is 4.39 Å². The molecule has 2 aliphatic heterocycles. The molecule has 5 heteroatoms. The maximum atomic E-state index is 13.8. The number of anilines is 2. The summed E-state index contributed by atoms with van der Waals surface area (Å²) in [6.45, 7) is 2.71. The second kappa shape index (κ2) is 4.40. The maximum absolute atomic E-state index is 13.8. The van der Waals surface area contributed by atoms with Crippen LogP contribution in [0.2, 0.25) is 0 Å². The van der Waals surface area contributed by atoms with Gasteiger partial charge < -0.3 is 20.1 Å². The van der Waals surface area contributed by atoms with Gasteiger partial charge in [-0.15, -0.1) is 0 Å². The molecule has 1 aromatic carbocycles. The van der Waals surface area contributed by atoms with E-state index in [4.69, 9.17) is 15.2 Å². The number of hydrogen-bond acceptors (Lipinski definition) is 4. The van der Waals surface area contributed by atoms with Crippen LogP contribution in [0, 0.1) is 5.82 Å². The second-order valence-electron chi connectivity index (χ2n) is 4.77. The average Bonchev–Trinajstić information content (AvgIpc) is 2.80. The van der Waals surface area contributed by atoms with Crippen LogP contribution in [-0.2, 0) is 9.47 Å². The van der Waals surface area contributed by atoms with E-state index in [9.17, 15) is 4.39 Å². The Morgan fingerprint density at radius 1 is 1.17 bits per heavy atom. The lowest BCUT2D eigenvalue weighted by Crippen LogP contribution is -2.45. The second-order valence-corrected chi connectivity index (χ2v) is 4.77. The number of hydrogen-bond donors (Lipinski definition) is 1. The Balaban J connectivity index is 1.76. The van der Waals surface area contributed by atoms with Crippen molar-refractivity contribution in [1.82, 2.24) is 0 Å². The van der Waals surface area contributed by atoms with Crippen LogP contribution in [-0.4, -0.2) is 32.1 Å². The van der Waals surface area contributed by atoms with Crippen molar-refractivity contribution < 1.29 is 13.9 Å². The zero-order valence-electron chi connectivity index (χ0n) is 10.2. The van der Waals surface area contributed by atoms with E-state index >= 15 is 0 Å². The van der Waals surface area contributed by atoms with Crippen LogP contribution in [0.15, 0.2) is 18.2 Å². The molecule has 0 aliphatic carbocycles. The summed E-state index contributed by atoms with van der Waals surface area (Å²) in [5.74, 6) is -0.699. The fourth-order valence-electron chi connectivity index (χ4n) is 2.72. The van der Waals surface area contributed by atoms with Crippen LogP contribution >= 0.6 is 0 Å². The monoisotopic (exact) mass is 252 g/mol. The quantitative estimate of drug-likeness (QED) is 0.774. The summed E-state index contributed by atoms with van der Waals surface area (Å²) in [4.78, 5) is 1.97. The van der Waals surface area contributed by atoms with Gasteiger partial charge in [0.1, 0.15) is 5.82 Å². The first-order valence-corrected chi connectivity index (χ1v) is 6.27. The molecule has 98 valence electrons. The fraction of sp³-hybridized carbons (Fsp3) is 0.538. The molecule has 4 nitrogen and oxygen atoms in total. The van der Waals surface area contributed by atoms with Gasteiger partial charge in [-0.2, -0.15) is 0 Å². The van der Waals surface area contributed by atoms with Crippen molar-refractivity contribution in [2.45, 2.75) is 18.6 Å². The number of nitrogen functional groups attached to an aromatic ring is 1. The summed E-state index contributed by atoms with van der Waals surface area (Å²) in [5.41, 5.74) is 6.84. The first-order chi connectivity index (χ1) is 8.70. The van der Waals surface area contributed by atoms with Crippen molar-refractivity contribution in [3.8, 4) is 0 Å². The normalized spacial score (nSPS) is 22.6. The molecule has 18 heavy (non-hydrogen) atoms. The minimum Gasteiger partial charge on any atom is -0.397 e. The number of ether oxygens (including phenoxy) is 2. The third-order valence-electron chi connectivity index (χ3n) is 3.67. The van der Waals surface area contributed by atoms with Gasteiger partial charge in [0.2, 0.25) is 0 Å². The van der Waals surface area contributed by atoms with Crippen molar-refractivity contribution in [2.24, 2.45) is 0 Å². The van der Waals surface area contributed by atoms with Crippen molar-refractivity contribution in [3.05, 3.63) is 24.0 Å². The van der Waals surface area contributed by atoms with E-state index < -0.39 is 5.79 Å². The molecule has 0 amide bonds. The number of piperidine rings is 1. The summed E-state index contributed by atoms with van der Waals surface area (Å²) < 4.78 is 25.1. The van der Waals surface area contributed by atoms with Crippen LogP contribution < -0.4 is 10.6 Å². The van der Waals surface area contributed by atoms with Crippen LogP contribution in [0.25, 0.3) is 0 Å². The predicted octanol–water partition coefficient (Wildman–Crippen LogP) is 1.75. The number of nitrogens with two attached hydrogens (primary N) is 1. The molecule has 0 atom stereocenters. The molecule has 0 bridgehead atoms. The lowest BCUT2D eigenvalue weighted by molar-refractivity contribution is -0.169. The summed E-state index contributed by atoms with van der Waals surface area (Å²) in [5, 5.41) is 0. The Labute approximate surface area is 105 Å². The van der Waals surface area contributed by atoms with Crippen LogP contribution in [0.5, 0.6) is 0 Å². The molecule has 2 heterocycles. The fourth-order valence-corrected chi connectivity index (χ4v) is 2.72. The molecule has 2 N–H and O–H groups in total. The SMILES string of the molecule is Nc1cccc(F)c1N1CCC2(CC1)OCCO2. The van der Waals surface area contributed by atoms with Gasteiger partial charge in [0, 0.05) is 25.9 Å². The Kier molecular flexibility index (Phi) is 2.87. The Morgan fingerprint density at radius 2 is 1.83 bits per heavy atom. The smallest absolute Gasteiger partial charge is 0.171 e. The molecule has 2 aliphatic rings. The molecule has 1 spiro atoms. The number of halogens is 1. The van der Waals surface area contributed by atoms with E-state index in [0.717, 1.165) is 12.8 Å². The molecule has 0 saturated carbocycles. The lowest BCUT2D eigenvalue weighted by Gasteiger charge is -2.39. The summed E-state index contributed by atoms with van der Waals surface area (Å²) in [6.07, 6.45) is 1.50. The van der Waals surface area contributed by atoms with Crippen LogP contribution in [0.4, 0.5) is 15.8 Å². The van der Waals surface area contributed by atoms with Crippen molar-refractivity contribution >= 4 is 11.4 Å². The first-order valence-electron chi connectivity index (χ1n) is 6.27. The number of para-hydroxylation sites is 1. The molecule has 0 unspecified atom stereocenters. The molecule has 0 aromatic heterocycles. The molecule has 1 aromatic rings. The van der Waals surface area contributed by atoms with Crippen molar-refractivity contribution in [2.75, 3.05) is 36.9 Å².